The van der Waals surface area contributed by atoms with Crippen molar-refractivity contribution in [2.45, 2.75) is 32.1 Å². The van der Waals surface area contributed by atoms with Crippen LogP contribution >= 0.6 is 0 Å². The van der Waals surface area contributed by atoms with E-state index in [1.165, 1.54) is 31.3 Å². The molecule has 1 aromatic heterocycles. The van der Waals surface area contributed by atoms with Gasteiger partial charge >= 0.3 is 0 Å². The van der Waals surface area contributed by atoms with Crippen LogP contribution in [0.15, 0.2) is 42.9 Å². The van der Waals surface area contributed by atoms with Gasteiger partial charge in [-0.25, -0.2) is 4.39 Å². The summed E-state index contributed by atoms with van der Waals surface area (Å²) in [4.78, 5) is 38.5. The van der Waals surface area contributed by atoms with E-state index in [1.54, 1.807) is 22.9 Å². The van der Waals surface area contributed by atoms with Gasteiger partial charge in [-0.3, -0.25) is 14.4 Å². The van der Waals surface area contributed by atoms with E-state index in [4.69, 9.17) is 11.5 Å². The molecule has 1 aliphatic heterocycles. The van der Waals surface area contributed by atoms with Crippen molar-refractivity contribution in [3.05, 3.63) is 54.0 Å². The molecule has 5 N–H and O–H groups in total. The first-order valence-electron chi connectivity index (χ1n) is 9.90. The molecule has 2 heterocycles. The lowest BCUT2D eigenvalue weighted by Gasteiger charge is -2.23. The Hall–Kier alpha value is -3.62. The highest BCUT2D eigenvalue weighted by Gasteiger charge is 2.39. The van der Waals surface area contributed by atoms with Crippen LogP contribution in [0.4, 0.5) is 4.39 Å². The Kier molecular flexibility index (Phi) is 6.43. The number of hydrogen-bond donors (Lipinski definition) is 3. The summed E-state index contributed by atoms with van der Waals surface area (Å²) in [5.41, 5.74) is 13.7. The molecule has 0 bridgehead atoms. The molecule has 0 aliphatic carbocycles. The van der Waals surface area contributed by atoms with E-state index in [-0.39, 0.29) is 25.3 Å². The van der Waals surface area contributed by atoms with Crippen molar-refractivity contribution in [1.82, 2.24) is 14.8 Å². The van der Waals surface area contributed by atoms with Gasteiger partial charge in [0.25, 0.3) is 0 Å². The molecule has 8 nitrogen and oxygen atoms in total. The average Bonchev–Trinajstić information content (AvgIpc) is 3.32. The van der Waals surface area contributed by atoms with Gasteiger partial charge in [-0.2, -0.15) is 0 Å². The van der Waals surface area contributed by atoms with Crippen molar-refractivity contribution in [2.75, 3.05) is 13.6 Å². The van der Waals surface area contributed by atoms with Gasteiger partial charge in [0.1, 0.15) is 18.8 Å². The van der Waals surface area contributed by atoms with Crippen molar-refractivity contribution in [2.24, 2.45) is 11.5 Å². The van der Waals surface area contributed by atoms with Crippen LogP contribution in [0.2, 0.25) is 0 Å². The zero-order valence-corrected chi connectivity index (χ0v) is 17.5. The van der Waals surface area contributed by atoms with Crippen LogP contribution in [0.5, 0.6) is 0 Å². The van der Waals surface area contributed by atoms with E-state index >= 15 is 0 Å². The molecule has 2 atom stereocenters. The summed E-state index contributed by atoms with van der Waals surface area (Å²) in [5.74, 6) is -0.943. The standard InChI is InChI=1S/C22H26FN5O3/c1-13(29)18-11-27(12-21(30)28-10-16(23)8-20(28)22(31)26-2)19-4-3-14(7-17(18)19)15(9-25)5-6-24/h3-7,9,11,16,20H,8,10,12,24-25H2,1-2H3,(H,26,31)/b6-5-,15-9+/t16-,20?/m1/s1. The zero-order chi connectivity index (χ0) is 22.7. The maximum atomic E-state index is 13.9. The largest absolute Gasteiger partial charge is 0.405 e. The topological polar surface area (TPSA) is 123 Å². The molecule has 0 radical (unpaired) electrons. The minimum absolute atomic E-state index is 0.0250. The van der Waals surface area contributed by atoms with E-state index in [0.717, 1.165) is 5.56 Å². The SMILES string of the molecule is CNC(=O)C1C[C@@H](F)CN1C(=O)Cn1cc(C(C)=O)c2cc(C(/C=C\N)=C/N)ccc21. The molecule has 1 aromatic carbocycles. The monoisotopic (exact) mass is 427 g/mol. The summed E-state index contributed by atoms with van der Waals surface area (Å²) in [6, 6.07) is 4.57. The first-order valence-corrected chi connectivity index (χ1v) is 9.90. The lowest BCUT2D eigenvalue weighted by atomic mass is 10.0. The minimum atomic E-state index is -1.25. The summed E-state index contributed by atoms with van der Waals surface area (Å²) in [6.07, 6.45) is 4.77. The van der Waals surface area contributed by atoms with Crippen molar-refractivity contribution in [1.29, 1.82) is 0 Å². The molecular weight excluding hydrogens is 401 g/mol. The molecule has 2 aromatic rings. The highest BCUT2D eigenvalue weighted by molar-refractivity contribution is 6.08. The number of amides is 2. The maximum Gasteiger partial charge on any atom is 0.243 e. The van der Waals surface area contributed by atoms with Gasteiger partial charge in [-0.05, 0) is 42.5 Å². The van der Waals surface area contributed by atoms with Crippen LogP contribution in [0, 0.1) is 0 Å². The number of carbonyl (C=O) groups excluding carboxylic acids is 3. The number of rotatable bonds is 6. The third kappa shape index (κ3) is 4.30. The number of benzene rings is 1. The number of carbonyl (C=O) groups is 3. The molecule has 2 amide bonds. The summed E-state index contributed by atoms with van der Waals surface area (Å²) >= 11 is 0. The van der Waals surface area contributed by atoms with Gasteiger partial charge in [-0.1, -0.05) is 6.07 Å². The van der Waals surface area contributed by atoms with Crippen LogP contribution < -0.4 is 16.8 Å². The van der Waals surface area contributed by atoms with Crippen molar-refractivity contribution >= 4 is 34.1 Å². The van der Waals surface area contributed by atoms with Crippen LogP contribution in [0.3, 0.4) is 0 Å². The van der Waals surface area contributed by atoms with E-state index in [0.29, 0.717) is 22.0 Å². The quantitative estimate of drug-likeness (QED) is 0.474. The number of halogens is 1. The van der Waals surface area contributed by atoms with Gasteiger partial charge in [0.05, 0.1) is 6.54 Å². The lowest BCUT2D eigenvalue weighted by molar-refractivity contribution is -0.138. The third-order valence-electron chi connectivity index (χ3n) is 5.47. The van der Waals surface area contributed by atoms with E-state index in [9.17, 15) is 18.8 Å². The number of Topliss-reactive ketones (excluding diaryl/α,β-unsaturated/α-hetero) is 1. The summed E-state index contributed by atoms with van der Waals surface area (Å²) in [6.45, 7) is 1.20. The number of alkyl halides is 1. The van der Waals surface area contributed by atoms with Crippen LogP contribution in [-0.4, -0.2) is 52.9 Å². The number of hydrogen-bond acceptors (Lipinski definition) is 5. The van der Waals surface area contributed by atoms with Gasteiger partial charge < -0.3 is 26.3 Å². The molecule has 9 heteroatoms. The number of allylic oxidation sites excluding steroid dienone is 2. The molecule has 0 spiro atoms. The molecular formula is C22H26FN5O3. The number of ketones is 1. The van der Waals surface area contributed by atoms with Gasteiger partial charge in [0.2, 0.25) is 11.8 Å². The van der Waals surface area contributed by atoms with Gasteiger partial charge in [0, 0.05) is 42.3 Å². The normalized spacial score (nSPS) is 19.3. The Labute approximate surface area is 179 Å². The number of nitrogens with two attached hydrogens (primary N) is 2. The fourth-order valence-corrected chi connectivity index (χ4v) is 3.95. The number of nitrogens with zero attached hydrogens (tertiary/aromatic N) is 2. The van der Waals surface area contributed by atoms with Gasteiger partial charge in [-0.15, -0.1) is 0 Å². The first-order chi connectivity index (χ1) is 14.8. The summed E-state index contributed by atoms with van der Waals surface area (Å²) in [5, 5.41) is 3.14. The fourth-order valence-electron chi connectivity index (χ4n) is 3.95. The Morgan fingerprint density at radius 3 is 2.65 bits per heavy atom. The smallest absolute Gasteiger partial charge is 0.243 e. The molecule has 1 aliphatic rings. The maximum absolute atomic E-state index is 13.9. The minimum Gasteiger partial charge on any atom is -0.405 e. The number of fused-ring (bicyclic) bond motifs is 1. The first kappa shape index (κ1) is 22.1. The van der Waals surface area contributed by atoms with E-state index in [1.807, 2.05) is 12.1 Å². The number of aromatic nitrogens is 1. The second-order valence-corrected chi connectivity index (χ2v) is 7.45. The van der Waals surface area contributed by atoms with Crippen LogP contribution in [0.25, 0.3) is 16.5 Å². The third-order valence-corrected chi connectivity index (χ3v) is 5.47. The predicted molar refractivity (Wildman–Crippen MR) is 117 cm³/mol. The average molecular weight is 427 g/mol. The number of nitrogens with one attached hydrogen (secondary N) is 1. The summed E-state index contributed by atoms with van der Waals surface area (Å²) in [7, 11) is 1.45. The molecule has 1 unspecified atom stereocenters. The summed E-state index contributed by atoms with van der Waals surface area (Å²) < 4.78 is 15.6. The Morgan fingerprint density at radius 2 is 2.03 bits per heavy atom. The zero-order valence-electron chi connectivity index (χ0n) is 17.5. The Balaban J connectivity index is 1.98. The molecule has 0 saturated carbocycles. The predicted octanol–water partition coefficient (Wildman–Crippen LogP) is 1.30. The van der Waals surface area contributed by atoms with E-state index in [2.05, 4.69) is 5.32 Å². The molecule has 164 valence electrons. The van der Waals surface area contributed by atoms with Crippen molar-refractivity contribution < 1.29 is 18.8 Å². The van der Waals surface area contributed by atoms with Crippen LogP contribution in [0.1, 0.15) is 29.3 Å². The lowest BCUT2D eigenvalue weighted by Crippen LogP contribution is -2.46. The number of likely N-dealkylation sites (tertiary alicyclic amines) is 1. The van der Waals surface area contributed by atoms with Crippen molar-refractivity contribution in [3.8, 4) is 0 Å². The molecule has 3 rings (SSSR count). The fraction of sp³-hybridized carbons (Fsp3) is 0.318. The molecule has 1 fully saturated rings. The van der Waals surface area contributed by atoms with Gasteiger partial charge in [0.15, 0.2) is 5.78 Å². The molecule has 1 saturated heterocycles. The Bertz CT molecular complexity index is 1090. The second-order valence-electron chi connectivity index (χ2n) is 7.45. The van der Waals surface area contributed by atoms with Crippen molar-refractivity contribution in [3.63, 3.8) is 0 Å². The Morgan fingerprint density at radius 1 is 1.29 bits per heavy atom. The highest BCUT2D eigenvalue weighted by Crippen LogP contribution is 2.28. The second kappa shape index (κ2) is 9.03. The van der Waals surface area contributed by atoms with Crippen LogP contribution in [-0.2, 0) is 16.1 Å². The molecule has 31 heavy (non-hydrogen) atoms. The highest BCUT2D eigenvalue weighted by atomic mass is 19.1. The van der Waals surface area contributed by atoms with E-state index < -0.39 is 24.0 Å². The number of likely N-dealkylation sites (N-methyl/N-ethyl adjacent to an activating group) is 1.